The first-order valence-corrected chi connectivity index (χ1v) is 14.9. The third-order valence-electron chi connectivity index (χ3n) is 9.84. The van der Waals surface area contributed by atoms with E-state index in [4.69, 9.17) is 0 Å². The Labute approximate surface area is 214 Å². The van der Waals surface area contributed by atoms with Crippen molar-refractivity contribution in [3.63, 3.8) is 0 Å². The van der Waals surface area contributed by atoms with Gasteiger partial charge in [-0.05, 0) is 130 Å². The molecule has 0 radical (unpaired) electrons. The van der Waals surface area contributed by atoms with Gasteiger partial charge in [0.05, 0.1) is 0 Å². The van der Waals surface area contributed by atoms with Gasteiger partial charge in [0, 0.05) is 6.04 Å². The molecule has 2 N–H and O–H groups in total. The maximum Gasteiger partial charge on any atom is 0.126 e. The molecule has 0 aromatic heterocycles. The van der Waals surface area contributed by atoms with E-state index in [1.807, 2.05) is 6.07 Å². The molecule has 1 unspecified atom stereocenters. The van der Waals surface area contributed by atoms with E-state index in [1.165, 1.54) is 95.5 Å². The highest BCUT2D eigenvalue weighted by Crippen LogP contribution is 2.44. The Hall–Kier alpha value is -1.19. The van der Waals surface area contributed by atoms with Crippen LogP contribution >= 0.6 is 0 Å². The number of rotatable bonds is 10. The lowest BCUT2D eigenvalue weighted by Crippen LogP contribution is -2.40. The average molecular weight is 484 g/mol. The molecule has 0 bridgehead atoms. The van der Waals surface area contributed by atoms with Crippen LogP contribution in [0.2, 0.25) is 0 Å². The Kier molecular flexibility index (Phi) is 10.3. The number of hydrogen-bond donors (Lipinski definition) is 2. The summed E-state index contributed by atoms with van der Waals surface area (Å²) in [6.45, 7) is 5.93. The second-order valence-electron chi connectivity index (χ2n) is 12.1. The Morgan fingerprint density at radius 3 is 2.14 bits per heavy atom. The summed E-state index contributed by atoms with van der Waals surface area (Å²) in [5.41, 5.74) is 2.23. The monoisotopic (exact) mass is 483 g/mol. The number of aliphatic hydroxyl groups is 1. The SMILES string of the molecule is C=CC(O)NC1CCC(C2CCC(c3ccc(C4CCC(CCCCC)CC4)c(F)c3)CC2)CC1. The highest BCUT2D eigenvalue weighted by molar-refractivity contribution is 5.30. The van der Waals surface area contributed by atoms with Crippen LogP contribution < -0.4 is 5.32 Å². The Bertz CT molecular complexity index is 770. The lowest BCUT2D eigenvalue weighted by molar-refractivity contribution is 0.126. The standard InChI is InChI=1S/C32H50FNO/c1-3-5-6-7-23-8-10-27(11-9-23)30-21-18-28(22-31(30)33)26-14-12-24(13-15-26)25-16-19-29(20-17-25)34-32(35)4-2/h4,18,21-27,29,32,34-35H,2-3,5-17,19-20H2,1H3. The maximum absolute atomic E-state index is 15.2. The fraction of sp³-hybridized carbons (Fsp3) is 0.750. The van der Waals surface area contributed by atoms with Gasteiger partial charge < -0.3 is 5.11 Å². The van der Waals surface area contributed by atoms with Crippen molar-refractivity contribution in [1.29, 1.82) is 0 Å². The van der Waals surface area contributed by atoms with Crippen LogP contribution in [0.1, 0.15) is 133 Å². The quantitative estimate of drug-likeness (QED) is 0.198. The van der Waals surface area contributed by atoms with Crippen LogP contribution in [0.3, 0.4) is 0 Å². The normalized spacial score (nSPS) is 32.8. The molecule has 0 heterocycles. The Morgan fingerprint density at radius 2 is 1.54 bits per heavy atom. The summed E-state index contributed by atoms with van der Waals surface area (Å²) < 4.78 is 15.2. The number of hydrogen-bond acceptors (Lipinski definition) is 2. The van der Waals surface area contributed by atoms with Crippen molar-refractivity contribution in [3.8, 4) is 0 Å². The first-order chi connectivity index (χ1) is 17.1. The molecule has 4 rings (SSSR count). The van der Waals surface area contributed by atoms with Crippen molar-refractivity contribution in [1.82, 2.24) is 5.32 Å². The van der Waals surface area contributed by atoms with E-state index in [1.54, 1.807) is 6.08 Å². The second kappa shape index (κ2) is 13.4. The van der Waals surface area contributed by atoms with Crippen molar-refractivity contribution < 1.29 is 9.50 Å². The molecular weight excluding hydrogens is 433 g/mol. The van der Waals surface area contributed by atoms with Crippen molar-refractivity contribution in [2.45, 2.75) is 134 Å². The molecule has 0 spiro atoms. The molecular formula is C32H50FNO. The van der Waals surface area contributed by atoms with Gasteiger partial charge >= 0.3 is 0 Å². The van der Waals surface area contributed by atoms with Crippen LogP contribution in [0, 0.1) is 23.6 Å². The maximum atomic E-state index is 15.2. The first kappa shape index (κ1) is 26.9. The summed E-state index contributed by atoms with van der Waals surface area (Å²) in [6.07, 6.45) is 21.1. The predicted octanol–water partition coefficient (Wildman–Crippen LogP) is 8.61. The van der Waals surface area contributed by atoms with E-state index in [0.717, 1.165) is 36.2 Å². The summed E-state index contributed by atoms with van der Waals surface area (Å²) in [5, 5.41) is 13.0. The number of benzene rings is 1. The number of unbranched alkanes of at least 4 members (excludes halogenated alkanes) is 2. The van der Waals surface area contributed by atoms with Crippen molar-refractivity contribution in [2.75, 3.05) is 0 Å². The first-order valence-electron chi connectivity index (χ1n) is 14.9. The third-order valence-corrected chi connectivity index (χ3v) is 9.84. The Balaban J connectivity index is 1.22. The van der Waals surface area contributed by atoms with Crippen LogP contribution in [-0.4, -0.2) is 17.4 Å². The largest absolute Gasteiger partial charge is 0.375 e. The molecule has 2 nitrogen and oxygen atoms in total. The fourth-order valence-corrected chi connectivity index (χ4v) is 7.56. The lowest BCUT2D eigenvalue weighted by atomic mass is 9.69. The number of nitrogens with one attached hydrogen (secondary N) is 1. The van der Waals surface area contributed by atoms with Gasteiger partial charge in [0.15, 0.2) is 0 Å². The molecule has 3 heteroatoms. The zero-order chi connectivity index (χ0) is 24.6. The van der Waals surface area contributed by atoms with E-state index >= 15 is 4.39 Å². The van der Waals surface area contributed by atoms with Gasteiger partial charge in [-0.1, -0.05) is 51.3 Å². The van der Waals surface area contributed by atoms with Crippen molar-refractivity contribution in [2.24, 2.45) is 17.8 Å². The van der Waals surface area contributed by atoms with Crippen molar-refractivity contribution >= 4 is 0 Å². The van der Waals surface area contributed by atoms with Gasteiger partial charge in [-0.2, -0.15) is 0 Å². The van der Waals surface area contributed by atoms with E-state index in [0.29, 0.717) is 17.9 Å². The molecule has 196 valence electrons. The number of halogens is 1. The molecule has 3 aliphatic carbocycles. The minimum absolute atomic E-state index is 0.0617. The van der Waals surface area contributed by atoms with Gasteiger partial charge in [0.25, 0.3) is 0 Å². The summed E-state index contributed by atoms with van der Waals surface area (Å²) in [7, 11) is 0. The van der Waals surface area contributed by atoms with Crippen LogP contribution in [0.5, 0.6) is 0 Å². The Morgan fingerprint density at radius 1 is 0.914 bits per heavy atom. The van der Waals surface area contributed by atoms with E-state index < -0.39 is 6.23 Å². The second-order valence-corrected chi connectivity index (χ2v) is 12.1. The summed E-state index contributed by atoms with van der Waals surface area (Å²) in [4.78, 5) is 0. The summed E-state index contributed by atoms with van der Waals surface area (Å²) in [5.74, 6) is 3.55. The van der Waals surface area contributed by atoms with E-state index in [9.17, 15) is 5.11 Å². The smallest absolute Gasteiger partial charge is 0.126 e. The van der Waals surface area contributed by atoms with E-state index in [2.05, 4.69) is 31.0 Å². The van der Waals surface area contributed by atoms with Gasteiger partial charge in [-0.25, -0.2) is 4.39 Å². The zero-order valence-corrected chi connectivity index (χ0v) is 22.2. The predicted molar refractivity (Wildman–Crippen MR) is 145 cm³/mol. The molecule has 1 aromatic rings. The van der Waals surface area contributed by atoms with E-state index in [-0.39, 0.29) is 5.82 Å². The molecule has 1 atom stereocenters. The van der Waals surface area contributed by atoms with Gasteiger partial charge in [-0.3, -0.25) is 5.32 Å². The molecule has 3 fully saturated rings. The number of aliphatic hydroxyl groups excluding tert-OH is 1. The minimum atomic E-state index is -0.579. The third kappa shape index (κ3) is 7.41. The molecule has 0 amide bonds. The molecule has 0 saturated heterocycles. The lowest BCUT2D eigenvalue weighted by Gasteiger charge is -2.38. The topological polar surface area (TPSA) is 32.3 Å². The highest BCUT2D eigenvalue weighted by atomic mass is 19.1. The average Bonchev–Trinajstić information content (AvgIpc) is 2.90. The van der Waals surface area contributed by atoms with Gasteiger partial charge in [0.1, 0.15) is 12.0 Å². The molecule has 35 heavy (non-hydrogen) atoms. The van der Waals surface area contributed by atoms with Crippen LogP contribution in [-0.2, 0) is 0 Å². The highest BCUT2D eigenvalue weighted by Gasteiger charge is 2.32. The summed E-state index contributed by atoms with van der Waals surface area (Å²) >= 11 is 0. The van der Waals surface area contributed by atoms with Crippen LogP contribution in [0.25, 0.3) is 0 Å². The summed E-state index contributed by atoms with van der Waals surface area (Å²) in [6, 6.07) is 6.73. The van der Waals surface area contributed by atoms with Gasteiger partial charge in [-0.15, -0.1) is 0 Å². The fourth-order valence-electron chi connectivity index (χ4n) is 7.56. The zero-order valence-electron chi connectivity index (χ0n) is 22.2. The molecule has 1 aromatic carbocycles. The van der Waals surface area contributed by atoms with Gasteiger partial charge in [0.2, 0.25) is 0 Å². The van der Waals surface area contributed by atoms with Crippen molar-refractivity contribution in [3.05, 3.63) is 47.8 Å². The molecule has 0 aliphatic heterocycles. The van der Waals surface area contributed by atoms with Crippen LogP contribution in [0.4, 0.5) is 4.39 Å². The molecule has 3 saturated carbocycles. The van der Waals surface area contributed by atoms with Crippen LogP contribution in [0.15, 0.2) is 30.9 Å². The minimum Gasteiger partial charge on any atom is -0.375 e. The molecule has 3 aliphatic rings.